The molecule has 2 heterocycles. The van der Waals surface area contributed by atoms with Gasteiger partial charge < -0.3 is 4.90 Å². The Morgan fingerprint density at radius 3 is 2.29 bits per heavy atom. The third-order valence-corrected chi connectivity index (χ3v) is 7.44. The maximum Gasteiger partial charge on any atom is 0.417 e. The fourth-order valence-electron chi connectivity index (χ4n) is 3.53. The number of alkyl halides is 3. The molecular formula is C19H16ClF3N4O2S2. The lowest BCUT2D eigenvalue weighted by atomic mass is 10.2. The van der Waals surface area contributed by atoms with Crippen LogP contribution in [0.1, 0.15) is 18.4 Å². The number of nitrogens with one attached hydrogen (secondary N) is 1. The Balaban J connectivity index is 1.86. The molecule has 1 N–H and O–H groups in total. The summed E-state index contributed by atoms with van der Waals surface area (Å²) in [7, 11) is -4.23. The van der Waals surface area contributed by atoms with Gasteiger partial charge in [-0.3, -0.25) is 9.67 Å². The smallest absolute Gasteiger partial charge is 0.370 e. The van der Waals surface area contributed by atoms with Gasteiger partial charge in [0, 0.05) is 13.1 Å². The van der Waals surface area contributed by atoms with Crippen molar-refractivity contribution < 1.29 is 21.6 Å². The Morgan fingerprint density at radius 2 is 1.68 bits per heavy atom. The molecule has 0 saturated carbocycles. The summed E-state index contributed by atoms with van der Waals surface area (Å²) in [5, 5.41) is 6.00. The largest absolute Gasteiger partial charge is 0.417 e. The maximum atomic E-state index is 13.2. The van der Waals surface area contributed by atoms with Crippen LogP contribution in [0, 0.1) is 4.77 Å². The van der Waals surface area contributed by atoms with E-state index in [-0.39, 0.29) is 4.90 Å². The number of hydrogen-bond donors (Lipinski definition) is 1. The van der Waals surface area contributed by atoms with Crippen molar-refractivity contribution in [3.8, 4) is 5.69 Å². The molecule has 164 valence electrons. The van der Waals surface area contributed by atoms with E-state index >= 15 is 0 Å². The Labute approximate surface area is 186 Å². The van der Waals surface area contributed by atoms with Crippen LogP contribution in [0.5, 0.6) is 0 Å². The molecule has 12 heteroatoms. The first-order valence-corrected chi connectivity index (χ1v) is 11.5. The number of hydrogen-bond acceptors (Lipinski definition) is 5. The molecule has 0 aliphatic carbocycles. The number of anilines is 1. The molecule has 1 saturated heterocycles. The van der Waals surface area contributed by atoms with Gasteiger partial charge in [0.15, 0.2) is 4.77 Å². The normalized spacial score (nSPS) is 14.9. The van der Waals surface area contributed by atoms with Crippen LogP contribution in [0.4, 0.5) is 18.9 Å². The summed E-state index contributed by atoms with van der Waals surface area (Å²) in [5.74, 6) is 0. The van der Waals surface area contributed by atoms with Gasteiger partial charge >= 0.3 is 6.18 Å². The van der Waals surface area contributed by atoms with Gasteiger partial charge in [-0.2, -0.15) is 18.3 Å². The van der Waals surface area contributed by atoms with Crippen molar-refractivity contribution in [2.75, 3.05) is 18.0 Å². The van der Waals surface area contributed by atoms with Crippen LogP contribution in [0.25, 0.3) is 5.69 Å². The highest BCUT2D eigenvalue weighted by Crippen LogP contribution is 2.38. The van der Waals surface area contributed by atoms with Crippen molar-refractivity contribution in [3.05, 3.63) is 58.1 Å². The quantitative estimate of drug-likeness (QED) is 0.521. The van der Waals surface area contributed by atoms with Gasteiger partial charge in [0.1, 0.15) is 6.33 Å². The molecule has 3 aromatic rings. The lowest BCUT2D eigenvalue weighted by molar-refractivity contribution is -0.137. The van der Waals surface area contributed by atoms with Crippen molar-refractivity contribution in [3.63, 3.8) is 0 Å². The van der Waals surface area contributed by atoms with E-state index in [1.54, 1.807) is 10.6 Å². The van der Waals surface area contributed by atoms with Crippen molar-refractivity contribution in [2.45, 2.75) is 28.8 Å². The molecule has 1 aliphatic heterocycles. The van der Waals surface area contributed by atoms with Gasteiger partial charge in [0.05, 0.1) is 31.8 Å². The molecule has 0 unspecified atom stereocenters. The predicted molar refractivity (Wildman–Crippen MR) is 112 cm³/mol. The van der Waals surface area contributed by atoms with Crippen LogP contribution < -0.4 is 4.90 Å². The van der Waals surface area contributed by atoms with E-state index in [1.807, 2.05) is 4.90 Å². The number of halogens is 4. The Kier molecular flexibility index (Phi) is 5.61. The van der Waals surface area contributed by atoms with Gasteiger partial charge in [-0.25, -0.2) is 8.42 Å². The van der Waals surface area contributed by atoms with Crippen molar-refractivity contribution >= 4 is 39.3 Å². The molecular weight excluding hydrogens is 473 g/mol. The van der Waals surface area contributed by atoms with E-state index in [4.69, 9.17) is 23.8 Å². The zero-order valence-electron chi connectivity index (χ0n) is 15.9. The summed E-state index contributed by atoms with van der Waals surface area (Å²) in [6.07, 6.45) is -1.40. The van der Waals surface area contributed by atoms with E-state index in [2.05, 4.69) is 10.2 Å². The molecule has 1 aromatic heterocycles. The summed E-state index contributed by atoms with van der Waals surface area (Å²) in [5.41, 5.74) is 0.0455. The van der Waals surface area contributed by atoms with E-state index in [0.717, 1.165) is 38.1 Å². The molecule has 1 aliphatic rings. The first-order valence-electron chi connectivity index (χ1n) is 9.22. The minimum Gasteiger partial charge on any atom is -0.370 e. The number of rotatable bonds is 4. The second-order valence-electron chi connectivity index (χ2n) is 7.02. The zero-order valence-corrected chi connectivity index (χ0v) is 18.2. The first kappa shape index (κ1) is 21.8. The summed E-state index contributed by atoms with van der Waals surface area (Å²) in [6, 6.07) is 6.97. The third kappa shape index (κ3) is 4.09. The molecule has 2 aromatic carbocycles. The molecule has 1 fully saturated rings. The number of aromatic amines is 1. The number of sulfone groups is 1. The van der Waals surface area contributed by atoms with Gasteiger partial charge in [0.25, 0.3) is 0 Å². The maximum absolute atomic E-state index is 13.2. The highest BCUT2D eigenvalue weighted by atomic mass is 35.5. The average Bonchev–Trinajstić information content (AvgIpc) is 3.38. The van der Waals surface area contributed by atoms with Crippen LogP contribution >= 0.6 is 23.8 Å². The first-order chi connectivity index (χ1) is 14.6. The van der Waals surface area contributed by atoms with Gasteiger partial charge in [-0.05, 0) is 61.5 Å². The molecule has 0 radical (unpaired) electrons. The molecule has 0 bridgehead atoms. The van der Waals surface area contributed by atoms with Crippen molar-refractivity contribution in [1.29, 1.82) is 0 Å². The molecule has 0 amide bonds. The Bertz CT molecular complexity index is 1300. The lowest BCUT2D eigenvalue weighted by Crippen LogP contribution is -2.20. The summed E-state index contributed by atoms with van der Waals surface area (Å²) in [6.45, 7) is 1.45. The van der Waals surface area contributed by atoms with Crippen LogP contribution in [-0.2, 0) is 16.0 Å². The van der Waals surface area contributed by atoms with Crippen LogP contribution in [-0.4, -0.2) is 36.3 Å². The summed E-state index contributed by atoms with van der Waals surface area (Å²) in [4.78, 5) is 1.42. The van der Waals surface area contributed by atoms with Crippen LogP contribution in [0.3, 0.4) is 0 Å². The molecule has 0 spiro atoms. The second-order valence-corrected chi connectivity index (χ2v) is 9.76. The van der Waals surface area contributed by atoms with Crippen LogP contribution in [0.15, 0.2) is 52.5 Å². The van der Waals surface area contributed by atoms with Gasteiger partial charge in [0.2, 0.25) is 9.84 Å². The van der Waals surface area contributed by atoms with E-state index in [1.165, 1.54) is 18.5 Å². The van der Waals surface area contributed by atoms with E-state index in [0.29, 0.717) is 22.2 Å². The number of benzene rings is 2. The SMILES string of the molecule is O=S(=O)(c1ccc(-n2cn[nH]c2=S)c(N2CCCC2)c1)c1ccc(Cl)c(C(F)(F)F)c1. The van der Waals surface area contributed by atoms with E-state index < -0.39 is 31.5 Å². The monoisotopic (exact) mass is 488 g/mol. The zero-order chi connectivity index (χ0) is 22.4. The summed E-state index contributed by atoms with van der Waals surface area (Å²) >= 11 is 10.9. The van der Waals surface area contributed by atoms with Gasteiger partial charge in [-0.15, -0.1) is 0 Å². The topological polar surface area (TPSA) is 71.0 Å². The summed E-state index contributed by atoms with van der Waals surface area (Å²) < 4.78 is 68.0. The lowest BCUT2D eigenvalue weighted by Gasteiger charge is -2.22. The van der Waals surface area contributed by atoms with Crippen molar-refractivity contribution in [2.24, 2.45) is 0 Å². The van der Waals surface area contributed by atoms with Gasteiger partial charge in [-0.1, -0.05) is 11.6 Å². The third-order valence-electron chi connectivity index (χ3n) is 5.07. The minimum atomic E-state index is -4.77. The molecule has 0 atom stereocenters. The Morgan fingerprint density at radius 1 is 1.03 bits per heavy atom. The van der Waals surface area contributed by atoms with E-state index in [9.17, 15) is 21.6 Å². The number of H-pyrrole nitrogens is 1. The minimum absolute atomic E-state index is 0.122. The molecule has 6 nitrogen and oxygen atoms in total. The number of nitrogens with zero attached hydrogens (tertiary/aromatic N) is 3. The highest BCUT2D eigenvalue weighted by Gasteiger charge is 2.35. The number of aromatic nitrogens is 3. The molecule has 4 rings (SSSR count). The second kappa shape index (κ2) is 7.95. The predicted octanol–water partition coefficient (Wildman–Crippen LogP) is 5.04. The highest BCUT2D eigenvalue weighted by molar-refractivity contribution is 7.91. The fraction of sp³-hybridized carbons (Fsp3) is 0.263. The average molecular weight is 489 g/mol. The Hall–Kier alpha value is -2.37. The molecule has 31 heavy (non-hydrogen) atoms. The standard InChI is InChI=1S/C19H16ClF3N4O2S2/c20-15-5-3-12(9-14(15)19(21,22)23)31(28,29)13-4-6-16(27-11-24-25-18(27)30)17(10-13)26-7-1-2-8-26/h3-6,9-11H,1-2,7-8H2,(H,25,30). The van der Waals surface area contributed by atoms with Crippen molar-refractivity contribution in [1.82, 2.24) is 14.8 Å². The van der Waals surface area contributed by atoms with Crippen LogP contribution in [0.2, 0.25) is 5.02 Å². The fourth-order valence-corrected chi connectivity index (χ4v) is 5.26.